The molecule has 0 fully saturated rings. The zero-order valence-corrected chi connectivity index (χ0v) is 15.7. The van der Waals surface area contributed by atoms with Gasteiger partial charge in [-0.1, -0.05) is 41.2 Å². The second-order valence-electron chi connectivity index (χ2n) is 5.16. The molecule has 4 nitrogen and oxygen atoms in total. The Bertz CT molecular complexity index is 859. The SMILES string of the molecule is COc1ccc(/C=N/Nc2ncc(-c3ccc(C)cc3)s2)cc1Br. The molecule has 6 heteroatoms. The number of aryl methyl sites for hydroxylation is 1. The Morgan fingerprint density at radius 1 is 1.21 bits per heavy atom. The summed E-state index contributed by atoms with van der Waals surface area (Å²) in [7, 11) is 1.64. The number of hydrazone groups is 1. The van der Waals surface area contributed by atoms with Crippen molar-refractivity contribution < 1.29 is 4.74 Å². The van der Waals surface area contributed by atoms with Crippen molar-refractivity contribution in [3.05, 3.63) is 64.3 Å². The maximum Gasteiger partial charge on any atom is 0.203 e. The van der Waals surface area contributed by atoms with Crippen LogP contribution in [0, 0.1) is 6.92 Å². The van der Waals surface area contributed by atoms with E-state index in [0.29, 0.717) is 0 Å². The summed E-state index contributed by atoms with van der Waals surface area (Å²) in [5.74, 6) is 0.794. The van der Waals surface area contributed by atoms with Crippen LogP contribution in [0.5, 0.6) is 5.75 Å². The van der Waals surface area contributed by atoms with E-state index >= 15 is 0 Å². The molecule has 3 aromatic rings. The molecule has 0 amide bonds. The van der Waals surface area contributed by atoms with E-state index in [9.17, 15) is 0 Å². The van der Waals surface area contributed by atoms with Gasteiger partial charge in [-0.15, -0.1) is 0 Å². The fourth-order valence-electron chi connectivity index (χ4n) is 2.10. The lowest BCUT2D eigenvalue weighted by Crippen LogP contribution is -1.91. The van der Waals surface area contributed by atoms with Crippen LogP contribution in [0.1, 0.15) is 11.1 Å². The van der Waals surface area contributed by atoms with Gasteiger partial charge < -0.3 is 4.74 Å². The monoisotopic (exact) mass is 401 g/mol. The first-order valence-electron chi connectivity index (χ1n) is 7.31. The number of methoxy groups -OCH3 is 1. The standard InChI is InChI=1S/C18H16BrN3OS/c1-12-3-6-14(7-4-12)17-11-20-18(24-17)22-21-10-13-5-8-16(23-2)15(19)9-13/h3-11H,1-2H3,(H,20,22)/b21-10+. The van der Waals surface area contributed by atoms with Crippen LogP contribution >= 0.6 is 27.3 Å². The van der Waals surface area contributed by atoms with Gasteiger partial charge in [-0.3, -0.25) is 5.43 Å². The lowest BCUT2D eigenvalue weighted by atomic mass is 10.1. The summed E-state index contributed by atoms with van der Waals surface area (Å²) in [5, 5.41) is 5.00. The number of nitrogens with one attached hydrogen (secondary N) is 1. The average molecular weight is 402 g/mol. The maximum absolute atomic E-state index is 5.21. The summed E-state index contributed by atoms with van der Waals surface area (Å²) in [6.07, 6.45) is 3.61. The number of aromatic nitrogens is 1. The topological polar surface area (TPSA) is 46.5 Å². The van der Waals surface area contributed by atoms with Gasteiger partial charge in [-0.05, 0) is 52.2 Å². The number of hydrogen-bond acceptors (Lipinski definition) is 5. The van der Waals surface area contributed by atoms with Gasteiger partial charge in [0.1, 0.15) is 5.75 Å². The molecule has 0 spiro atoms. The summed E-state index contributed by atoms with van der Waals surface area (Å²) in [6, 6.07) is 14.2. The first kappa shape index (κ1) is 16.7. The van der Waals surface area contributed by atoms with Crippen molar-refractivity contribution in [2.75, 3.05) is 12.5 Å². The van der Waals surface area contributed by atoms with Crippen LogP contribution in [-0.4, -0.2) is 18.3 Å². The van der Waals surface area contributed by atoms with E-state index < -0.39 is 0 Å². The predicted octanol–water partition coefficient (Wildman–Crippen LogP) is 5.34. The molecule has 0 saturated carbocycles. The second kappa shape index (κ2) is 7.59. The van der Waals surface area contributed by atoms with E-state index in [2.05, 4.69) is 62.6 Å². The van der Waals surface area contributed by atoms with E-state index in [1.165, 1.54) is 5.56 Å². The second-order valence-corrected chi connectivity index (χ2v) is 7.04. The highest BCUT2D eigenvalue weighted by molar-refractivity contribution is 9.10. The molecule has 0 aliphatic rings. The van der Waals surface area contributed by atoms with Crippen LogP contribution in [0.4, 0.5) is 5.13 Å². The Labute approximate surface area is 153 Å². The fraction of sp³-hybridized carbons (Fsp3) is 0.111. The Morgan fingerprint density at radius 3 is 2.71 bits per heavy atom. The van der Waals surface area contributed by atoms with Crippen molar-refractivity contribution in [2.45, 2.75) is 6.92 Å². The molecule has 0 unspecified atom stereocenters. The molecular formula is C18H16BrN3OS. The minimum absolute atomic E-state index is 0.759. The van der Waals surface area contributed by atoms with E-state index in [1.54, 1.807) is 24.7 Å². The third-order valence-corrected chi connectivity index (χ3v) is 4.96. The van der Waals surface area contributed by atoms with Gasteiger partial charge in [0.15, 0.2) is 0 Å². The average Bonchev–Trinajstić information content (AvgIpc) is 3.04. The molecular weight excluding hydrogens is 386 g/mol. The van der Waals surface area contributed by atoms with Crippen molar-refractivity contribution in [1.29, 1.82) is 0 Å². The summed E-state index contributed by atoms with van der Waals surface area (Å²) in [5.41, 5.74) is 6.34. The highest BCUT2D eigenvalue weighted by Crippen LogP contribution is 2.29. The highest BCUT2D eigenvalue weighted by Gasteiger charge is 2.04. The Balaban J connectivity index is 1.67. The largest absolute Gasteiger partial charge is 0.496 e. The fourth-order valence-corrected chi connectivity index (χ4v) is 3.43. The van der Waals surface area contributed by atoms with Crippen LogP contribution in [0.3, 0.4) is 0 Å². The predicted molar refractivity (Wildman–Crippen MR) is 104 cm³/mol. The number of anilines is 1. The van der Waals surface area contributed by atoms with Gasteiger partial charge >= 0.3 is 0 Å². The third-order valence-electron chi connectivity index (χ3n) is 3.39. The van der Waals surface area contributed by atoms with Crippen molar-refractivity contribution in [3.8, 4) is 16.2 Å². The van der Waals surface area contributed by atoms with E-state index in [4.69, 9.17) is 4.74 Å². The van der Waals surface area contributed by atoms with Gasteiger partial charge in [0.25, 0.3) is 0 Å². The van der Waals surface area contributed by atoms with Crippen LogP contribution < -0.4 is 10.2 Å². The van der Waals surface area contributed by atoms with Gasteiger partial charge in [0.05, 0.1) is 22.7 Å². The third kappa shape index (κ3) is 4.01. The quantitative estimate of drug-likeness (QED) is 0.463. The summed E-state index contributed by atoms with van der Waals surface area (Å²) in [4.78, 5) is 5.47. The number of hydrogen-bond donors (Lipinski definition) is 1. The molecule has 1 aromatic heterocycles. The summed E-state index contributed by atoms with van der Waals surface area (Å²) in [6.45, 7) is 2.08. The molecule has 0 aliphatic carbocycles. The molecule has 3 rings (SSSR count). The number of ether oxygens (including phenoxy) is 1. The lowest BCUT2D eigenvalue weighted by Gasteiger charge is -2.03. The Kier molecular flexibility index (Phi) is 5.27. The molecule has 0 bridgehead atoms. The number of benzene rings is 2. The van der Waals surface area contributed by atoms with Crippen molar-refractivity contribution in [1.82, 2.24) is 4.98 Å². The van der Waals surface area contributed by atoms with Crippen molar-refractivity contribution in [2.24, 2.45) is 5.10 Å². The zero-order chi connectivity index (χ0) is 16.9. The molecule has 0 aliphatic heterocycles. The molecule has 1 N–H and O–H groups in total. The minimum Gasteiger partial charge on any atom is -0.496 e. The van der Waals surface area contributed by atoms with Crippen LogP contribution in [0.15, 0.2) is 58.2 Å². The molecule has 1 heterocycles. The molecule has 122 valence electrons. The molecule has 2 aromatic carbocycles. The number of thiazole rings is 1. The zero-order valence-electron chi connectivity index (χ0n) is 13.3. The lowest BCUT2D eigenvalue weighted by molar-refractivity contribution is 0.412. The molecule has 0 atom stereocenters. The van der Waals surface area contributed by atoms with E-state index in [-0.39, 0.29) is 0 Å². The first-order valence-corrected chi connectivity index (χ1v) is 8.92. The molecule has 24 heavy (non-hydrogen) atoms. The van der Waals surface area contributed by atoms with E-state index in [1.807, 2.05) is 24.4 Å². The summed E-state index contributed by atoms with van der Waals surface area (Å²) < 4.78 is 6.10. The van der Waals surface area contributed by atoms with Crippen LogP contribution in [-0.2, 0) is 0 Å². The Morgan fingerprint density at radius 2 is 2.00 bits per heavy atom. The number of nitrogens with zero attached hydrogens (tertiary/aromatic N) is 2. The van der Waals surface area contributed by atoms with Crippen LogP contribution in [0.2, 0.25) is 0 Å². The molecule has 0 saturated heterocycles. The minimum atomic E-state index is 0.759. The van der Waals surface area contributed by atoms with Crippen molar-refractivity contribution in [3.63, 3.8) is 0 Å². The smallest absolute Gasteiger partial charge is 0.203 e. The van der Waals surface area contributed by atoms with Gasteiger partial charge in [0.2, 0.25) is 5.13 Å². The van der Waals surface area contributed by atoms with E-state index in [0.717, 1.165) is 31.4 Å². The first-order chi connectivity index (χ1) is 11.7. The maximum atomic E-state index is 5.21. The van der Waals surface area contributed by atoms with Gasteiger partial charge in [-0.25, -0.2) is 4.98 Å². The highest BCUT2D eigenvalue weighted by atomic mass is 79.9. The van der Waals surface area contributed by atoms with Gasteiger partial charge in [-0.2, -0.15) is 5.10 Å². The van der Waals surface area contributed by atoms with Gasteiger partial charge in [0, 0.05) is 6.20 Å². The normalized spacial score (nSPS) is 11.0. The van der Waals surface area contributed by atoms with Crippen LogP contribution in [0.25, 0.3) is 10.4 Å². The number of halogens is 1. The number of rotatable bonds is 5. The Hall–Kier alpha value is -2.18. The molecule has 0 radical (unpaired) electrons. The summed E-state index contributed by atoms with van der Waals surface area (Å²) >= 11 is 5.03. The van der Waals surface area contributed by atoms with Crippen molar-refractivity contribution >= 4 is 38.6 Å².